The molecule has 2 aromatic heterocycles. The minimum atomic E-state index is -0.315. The molecule has 7 nitrogen and oxygen atoms in total. The summed E-state index contributed by atoms with van der Waals surface area (Å²) in [4.78, 5) is 14.6. The van der Waals surface area contributed by atoms with E-state index in [-0.39, 0.29) is 11.9 Å². The number of aromatic nitrogens is 3. The Morgan fingerprint density at radius 2 is 2.14 bits per heavy atom. The summed E-state index contributed by atoms with van der Waals surface area (Å²) in [5.41, 5.74) is 0. The average molecular weight is 287 g/mol. The molecule has 1 saturated heterocycles. The Morgan fingerprint density at radius 3 is 2.95 bits per heavy atom. The molecule has 0 aromatic carbocycles. The Labute approximate surface area is 122 Å². The van der Waals surface area contributed by atoms with E-state index in [1.54, 1.807) is 24.5 Å². The van der Waals surface area contributed by atoms with Crippen LogP contribution in [0.25, 0.3) is 0 Å². The molecule has 0 saturated carbocycles. The lowest BCUT2D eigenvalue weighted by Gasteiger charge is -2.31. The number of β-amino-alcohol motifs (C(OH)–C–C–N with tert-alkyl or cyclic N) is 1. The van der Waals surface area contributed by atoms with Gasteiger partial charge in [0.2, 0.25) is 5.95 Å². The van der Waals surface area contributed by atoms with Gasteiger partial charge in [-0.05, 0) is 31.0 Å². The molecule has 3 N–H and O–H groups in total. The molecular weight excluding hydrogens is 270 g/mol. The molecule has 1 aliphatic rings. The van der Waals surface area contributed by atoms with E-state index < -0.39 is 0 Å². The van der Waals surface area contributed by atoms with Gasteiger partial charge in [0.05, 0.1) is 6.10 Å². The van der Waals surface area contributed by atoms with Gasteiger partial charge < -0.3 is 20.4 Å². The molecule has 0 amide bonds. The van der Waals surface area contributed by atoms with Gasteiger partial charge in [0.1, 0.15) is 5.82 Å². The molecule has 3 heterocycles. The van der Waals surface area contributed by atoms with Crippen LogP contribution in [-0.2, 0) is 0 Å². The molecule has 1 aliphatic heterocycles. The Balaban J connectivity index is 1.78. The topological polar surface area (TPSA) is 94.4 Å². The summed E-state index contributed by atoms with van der Waals surface area (Å²) in [6, 6.07) is 4.99. The molecule has 21 heavy (non-hydrogen) atoms. The molecule has 1 atom stereocenters. The number of aliphatic hydroxyl groups excluding tert-OH is 1. The maximum atomic E-state index is 9.74. The van der Waals surface area contributed by atoms with Gasteiger partial charge in [-0.15, -0.1) is 0 Å². The third-order valence-electron chi connectivity index (χ3n) is 3.38. The lowest BCUT2D eigenvalue weighted by molar-refractivity contribution is 0.154. The predicted molar refractivity (Wildman–Crippen MR) is 78.7 cm³/mol. The summed E-state index contributed by atoms with van der Waals surface area (Å²) in [6.07, 6.45) is 4.67. The molecule has 7 heteroatoms. The lowest BCUT2D eigenvalue weighted by atomic mass is 10.1. The smallest absolute Gasteiger partial charge is 0.230 e. The van der Waals surface area contributed by atoms with E-state index in [4.69, 9.17) is 0 Å². The van der Waals surface area contributed by atoms with Crippen LogP contribution in [0.3, 0.4) is 0 Å². The number of nitrogens with one attached hydrogen (secondary N) is 1. The number of pyridine rings is 1. The third-order valence-corrected chi connectivity index (χ3v) is 3.38. The Bertz CT molecular complexity index is 622. The molecule has 1 unspecified atom stereocenters. The van der Waals surface area contributed by atoms with Crippen LogP contribution in [0.4, 0.5) is 17.6 Å². The molecule has 2 aromatic rings. The molecule has 0 bridgehead atoms. The van der Waals surface area contributed by atoms with Gasteiger partial charge in [0.15, 0.2) is 11.6 Å². The number of aromatic hydroxyl groups is 1. The van der Waals surface area contributed by atoms with Crippen molar-refractivity contribution in [2.24, 2.45) is 0 Å². The van der Waals surface area contributed by atoms with Gasteiger partial charge in [-0.25, -0.2) is 9.97 Å². The fraction of sp³-hybridized carbons (Fsp3) is 0.357. The number of aliphatic hydroxyl groups is 1. The number of anilines is 3. The van der Waals surface area contributed by atoms with Crippen LogP contribution < -0.4 is 10.2 Å². The van der Waals surface area contributed by atoms with Crippen LogP contribution >= 0.6 is 0 Å². The first-order valence-electron chi connectivity index (χ1n) is 6.89. The van der Waals surface area contributed by atoms with Gasteiger partial charge in [-0.3, -0.25) is 0 Å². The average Bonchev–Trinajstić information content (AvgIpc) is 2.50. The molecule has 0 radical (unpaired) electrons. The van der Waals surface area contributed by atoms with Crippen molar-refractivity contribution < 1.29 is 10.2 Å². The molecular formula is C14H17N5O2. The summed E-state index contributed by atoms with van der Waals surface area (Å²) in [5.74, 6) is 1.47. The van der Waals surface area contributed by atoms with E-state index in [2.05, 4.69) is 20.3 Å². The largest absolute Gasteiger partial charge is 0.504 e. The Kier molecular flexibility index (Phi) is 3.83. The number of nitrogens with zero attached hydrogens (tertiary/aromatic N) is 4. The van der Waals surface area contributed by atoms with Crippen LogP contribution in [0.5, 0.6) is 5.75 Å². The zero-order valence-electron chi connectivity index (χ0n) is 11.5. The van der Waals surface area contributed by atoms with E-state index >= 15 is 0 Å². The van der Waals surface area contributed by atoms with E-state index in [1.165, 1.54) is 0 Å². The zero-order valence-corrected chi connectivity index (χ0v) is 11.5. The number of hydrogen-bond donors (Lipinski definition) is 3. The highest BCUT2D eigenvalue weighted by molar-refractivity contribution is 5.57. The van der Waals surface area contributed by atoms with Crippen LogP contribution in [-0.4, -0.2) is 44.4 Å². The molecule has 0 aliphatic carbocycles. The highest BCUT2D eigenvalue weighted by atomic mass is 16.3. The predicted octanol–water partition coefficient (Wildman–Crippen LogP) is 1.28. The quantitative estimate of drug-likeness (QED) is 0.782. The second-order valence-electron chi connectivity index (χ2n) is 4.98. The van der Waals surface area contributed by atoms with E-state index in [1.807, 2.05) is 11.0 Å². The van der Waals surface area contributed by atoms with Crippen molar-refractivity contribution in [3.8, 4) is 5.75 Å². The van der Waals surface area contributed by atoms with Crippen LogP contribution in [0.1, 0.15) is 12.8 Å². The number of rotatable bonds is 3. The van der Waals surface area contributed by atoms with Gasteiger partial charge in [0, 0.05) is 25.5 Å². The van der Waals surface area contributed by atoms with Crippen molar-refractivity contribution in [1.82, 2.24) is 15.0 Å². The van der Waals surface area contributed by atoms with Gasteiger partial charge in [-0.1, -0.05) is 0 Å². The van der Waals surface area contributed by atoms with Gasteiger partial charge in [-0.2, -0.15) is 4.98 Å². The fourth-order valence-electron chi connectivity index (χ4n) is 2.35. The summed E-state index contributed by atoms with van der Waals surface area (Å²) in [6.45, 7) is 1.44. The highest BCUT2D eigenvalue weighted by Crippen LogP contribution is 2.23. The highest BCUT2D eigenvalue weighted by Gasteiger charge is 2.19. The van der Waals surface area contributed by atoms with E-state index in [0.29, 0.717) is 18.3 Å². The maximum absolute atomic E-state index is 9.74. The second-order valence-corrected chi connectivity index (χ2v) is 4.98. The van der Waals surface area contributed by atoms with E-state index in [9.17, 15) is 10.2 Å². The number of piperidine rings is 1. The fourth-order valence-corrected chi connectivity index (χ4v) is 2.35. The SMILES string of the molecule is Oc1cccnc1Nc1nccc(N2CCCC(O)C2)n1. The summed E-state index contributed by atoms with van der Waals surface area (Å²) in [5, 5.41) is 22.3. The van der Waals surface area contributed by atoms with Crippen molar-refractivity contribution in [2.45, 2.75) is 18.9 Å². The maximum Gasteiger partial charge on any atom is 0.230 e. The van der Waals surface area contributed by atoms with Crippen molar-refractivity contribution in [3.63, 3.8) is 0 Å². The van der Waals surface area contributed by atoms with Crippen LogP contribution in [0.2, 0.25) is 0 Å². The first-order chi connectivity index (χ1) is 10.2. The molecule has 0 spiro atoms. The van der Waals surface area contributed by atoms with Crippen molar-refractivity contribution >= 4 is 17.6 Å². The first kappa shape index (κ1) is 13.6. The monoisotopic (exact) mass is 287 g/mol. The summed E-state index contributed by atoms with van der Waals surface area (Å²) >= 11 is 0. The Hall–Kier alpha value is -2.41. The molecule has 1 fully saturated rings. The lowest BCUT2D eigenvalue weighted by Crippen LogP contribution is -2.38. The van der Waals surface area contributed by atoms with Gasteiger partial charge >= 0.3 is 0 Å². The zero-order chi connectivity index (χ0) is 14.7. The first-order valence-corrected chi connectivity index (χ1v) is 6.89. The van der Waals surface area contributed by atoms with Crippen molar-refractivity contribution in [2.75, 3.05) is 23.3 Å². The van der Waals surface area contributed by atoms with Crippen LogP contribution in [0.15, 0.2) is 30.6 Å². The standard InChI is InChI=1S/C14H17N5O2/c20-10-3-2-8-19(9-10)12-5-7-16-14(17-12)18-13-11(21)4-1-6-15-13/h1,4-7,10,20-21H,2-3,8-9H2,(H,15,16,17,18). The number of hydrogen-bond acceptors (Lipinski definition) is 7. The molecule has 3 rings (SSSR count). The van der Waals surface area contributed by atoms with Crippen molar-refractivity contribution in [3.05, 3.63) is 30.6 Å². The van der Waals surface area contributed by atoms with Gasteiger partial charge in [0.25, 0.3) is 0 Å². The Morgan fingerprint density at radius 1 is 1.24 bits per heavy atom. The normalized spacial score (nSPS) is 18.5. The summed E-state index contributed by atoms with van der Waals surface area (Å²) < 4.78 is 0. The minimum Gasteiger partial charge on any atom is -0.504 e. The minimum absolute atomic E-state index is 0.0416. The second kappa shape index (κ2) is 5.92. The van der Waals surface area contributed by atoms with Crippen LogP contribution in [0, 0.1) is 0 Å². The van der Waals surface area contributed by atoms with Crippen molar-refractivity contribution in [1.29, 1.82) is 0 Å². The summed E-state index contributed by atoms with van der Waals surface area (Å²) in [7, 11) is 0. The van der Waals surface area contributed by atoms with E-state index in [0.717, 1.165) is 25.2 Å². The third kappa shape index (κ3) is 3.19. The molecule has 110 valence electrons.